The summed E-state index contributed by atoms with van der Waals surface area (Å²) in [6, 6.07) is 0. The molecule has 0 aliphatic heterocycles. The van der Waals surface area contributed by atoms with Crippen LogP contribution in [0, 0.1) is 11.8 Å². The maximum absolute atomic E-state index is 12.1. The van der Waals surface area contributed by atoms with Crippen LogP contribution >= 0.6 is 0 Å². The molecular formula is C15H25NO3. The molecule has 108 valence electrons. The van der Waals surface area contributed by atoms with Crippen molar-refractivity contribution in [1.82, 2.24) is 5.32 Å². The van der Waals surface area contributed by atoms with Crippen LogP contribution in [0.25, 0.3) is 0 Å². The van der Waals surface area contributed by atoms with Gasteiger partial charge in [-0.05, 0) is 38.5 Å². The van der Waals surface area contributed by atoms with Gasteiger partial charge in [0.05, 0.1) is 6.61 Å². The van der Waals surface area contributed by atoms with Gasteiger partial charge in [-0.3, -0.25) is 4.79 Å². The Morgan fingerprint density at radius 3 is 2.63 bits per heavy atom. The van der Waals surface area contributed by atoms with Gasteiger partial charge < -0.3 is 10.1 Å². The lowest BCUT2D eigenvalue weighted by atomic mass is 9.88. The molecule has 2 atom stereocenters. The van der Waals surface area contributed by atoms with E-state index in [1.807, 2.05) is 13.8 Å². The zero-order chi connectivity index (χ0) is 14.5. The number of nitrogens with one attached hydrogen (secondary N) is 1. The molecular weight excluding hydrogens is 242 g/mol. The minimum Gasteiger partial charge on any atom is -0.464 e. The molecule has 2 unspecified atom stereocenters. The first kappa shape index (κ1) is 15.7. The number of hydrogen-bond acceptors (Lipinski definition) is 3. The molecule has 0 aromatic carbocycles. The Balaban J connectivity index is 2.64. The first-order valence-corrected chi connectivity index (χ1v) is 7.05. The van der Waals surface area contributed by atoms with Crippen LogP contribution in [0.2, 0.25) is 0 Å². The standard InChI is InChI=1S/C15H25NO3/c1-5-19-14(18)15(4,11(2)3)16-13(17)10-12-8-6-7-9-12/h6,8,11-12H,5,7,9-10H2,1-4H3,(H,16,17). The van der Waals surface area contributed by atoms with Crippen LogP contribution in [-0.2, 0) is 14.3 Å². The Hall–Kier alpha value is -1.32. The van der Waals surface area contributed by atoms with E-state index in [4.69, 9.17) is 4.74 Å². The van der Waals surface area contributed by atoms with Crippen LogP contribution in [0.5, 0.6) is 0 Å². The minimum absolute atomic E-state index is 0.0189. The molecule has 19 heavy (non-hydrogen) atoms. The average Bonchev–Trinajstić information content (AvgIpc) is 2.81. The van der Waals surface area contributed by atoms with Gasteiger partial charge in [-0.15, -0.1) is 0 Å². The maximum Gasteiger partial charge on any atom is 0.331 e. The Morgan fingerprint density at radius 1 is 1.47 bits per heavy atom. The van der Waals surface area contributed by atoms with Crippen LogP contribution in [0.4, 0.5) is 0 Å². The van der Waals surface area contributed by atoms with Crippen LogP contribution in [0.3, 0.4) is 0 Å². The monoisotopic (exact) mass is 267 g/mol. The van der Waals surface area contributed by atoms with Crippen molar-refractivity contribution < 1.29 is 14.3 Å². The number of ether oxygens (including phenoxy) is 1. The molecule has 0 saturated carbocycles. The first-order chi connectivity index (χ1) is 8.90. The highest BCUT2D eigenvalue weighted by molar-refractivity contribution is 5.88. The third-order valence-corrected chi connectivity index (χ3v) is 3.81. The SMILES string of the molecule is CCOC(=O)C(C)(NC(=O)CC1C=CCC1)C(C)C. The molecule has 1 rings (SSSR count). The van der Waals surface area contributed by atoms with Crippen LogP contribution in [0.1, 0.15) is 47.0 Å². The zero-order valence-electron chi connectivity index (χ0n) is 12.4. The van der Waals surface area contributed by atoms with E-state index in [9.17, 15) is 9.59 Å². The Kier molecular flexibility index (Phi) is 5.58. The number of rotatable bonds is 6. The predicted octanol–water partition coefficient (Wildman–Crippen LogP) is 2.44. The van der Waals surface area contributed by atoms with Crippen molar-refractivity contribution in [3.63, 3.8) is 0 Å². The Bertz CT molecular complexity index is 362. The zero-order valence-corrected chi connectivity index (χ0v) is 12.4. The average molecular weight is 267 g/mol. The molecule has 0 saturated heterocycles. The number of amides is 1. The molecule has 1 aliphatic rings. The number of carbonyl (C=O) groups is 2. The second-order valence-corrected chi connectivity index (χ2v) is 5.60. The topological polar surface area (TPSA) is 55.4 Å². The number of esters is 1. The highest BCUT2D eigenvalue weighted by Gasteiger charge is 2.39. The lowest BCUT2D eigenvalue weighted by Crippen LogP contribution is -2.56. The van der Waals surface area contributed by atoms with Gasteiger partial charge in [0.1, 0.15) is 5.54 Å². The fraction of sp³-hybridized carbons (Fsp3) is 0.733. The molecule has 0 spiro atoms. The van der Waals surface area contributed by atoms with Crippen molar-refractivity contribution in [2.45, 2.75) is 52.5 Å². The molecule has 0 bridgehead atoms. The van der Waals surface area contributed by atoms with Gasteiger partial charge in [0.15, 0.2) is 0 Å². The summed E-state index contributed by atoms with van der Waals surface area (Å²) in [5.74, 6) is -0.158. The first-order valence-electron chi connectivity index (χ1n) is 7.05. The molecule has 0 aromatic heterocycles. The summed E-state index contributed by atoms with van der Waals surface area (Å²) >= 11 is 0. The van der Waals surface area contributed by atoms with Gasteiger partial charge in [-0.2, -0.15) is 0 Å². The molecule has 1 N–H and O–H groups in total. The van der Waals surface area contributed by atoms with Crippen molar-refractivity contribution >= 4 is 11.9 Å². The fourth-order valence-corrected chi connectivity index (χ4v) is 2.16. The Morgan fingerprint density at radius 2 is 2.16 bits per heavy atom. The summed E-state index contributed by atoms with van der Waals surface area (Å²) in [4.78, 5) is 24.1. The summed E-state index contributed by atoms with van der Waals surface area (Å²) in [6.45, 7) is 7.64. The maximum atomic E-state index is 12.1. The van der Waals surface area contributed by atoms with E-state index in [0.717, 1.165) is 12.8 Å². The number of allylic oxidation sites excluding steroid dienone is 2. The van der Waals surface area contributed by atoms with Gasteiger partial charge in [0.25, 0.3) is 0 Å². The second-order valence-electron chi connectivity index (χ2n) is 5.60. The fourth-order valence-electron chi connectivity index (χ4n) is 2.16. The molecule has 1 amide bonds. The van der Waals surface area contributed by atoms with Crippen molar-refractivity contribution in [2.75, 3.05) is 6.61 Å². The Labute approximate surface area is 115 Å². The molecule has 4 heteroatoms. The van der Waals surface area contributed by atoms with Gasteiger partial charge in [0, 0.05) is 6.42 Å². The minimum atomic E-state index is -0.949. The normalized spacial score (nSPS) is 21.2. The summed E-state index contributed by atoms with van der Waals surface area (Å²) in [5.41, 5.74) is -0.949. The van der Waals surface area contributed by atoms with E-state index in [2.05, 4.69) is 17.5 Å². The smallest absolute Gasteiger partial charge is 0.331 e. The lowest BCUT2D eigenvalue weighted by Gasteiger charge is -2.32. The van der Waals surface area contributed by atoms with E-state index in [1.165, 1.54) is 0 Å². The van der Waals surface area contributed by atoms with Gasteiger partial charge in [-0.25, -0.2) is 4.79 Å². The van der Waals surface area contributed by atoms with E-state index in [1.54, 1.807) is 13.8 Å². The van der Waals surface area contributed by atoms with Crippen molar-refractivity contribution in [3.05, 3.63) is 12.2 Å². The summed E-state index contributed by atoms with van der Waals surface area (Å²) in [5, 5.41) is 2.86. The molecule has 0 radical (unpaired) electrons. The van der Waals surface area contributed by atoms with Crippen LogP contribution in [-0.4, -0.2) is 24.0 Å². The second kappa shape index (κ2) is 6.73. The van der Waals surface area contributed by atoms with E-state index in [0.29, 0.717) is 18.9 Å². The van der Waals surface area contributed by atoms with Crippen molar-refractivity contribution in [3.8, 4) is 0 Å². The summed E-state index contributed by atoms with van der Waals surface area (Å²) in [6.07, 6.45) is 6.68. The van der Waals surface area contributed by atoms with E-state index < -0.39 is 5.54 Å². The van der Waals surface area contributed by atoms with Gasteiger partial charge in [-0.1, -0.05) is 26.0 Å². The highest BCUT2D eigenvalue weighted by atomic mass is 16.5. The van der Waals surface area contributed by atoms with Crippen molar-refractivity contribution in [1.29, 1.82) is 0 Å². The van der Waals surface area contributed by atoms with E-state index in [-0.39, 0.29) is 17.8 Å². The van der Waals surface area contributed by atoms with Crippen molar-refractivity contribution in [2.24, 2.45) is 11.8 Å². The summed E-state index contributed by atoms with van der Waals surface area (Å²) < 4.78 is 5.07. The third kappa shape index (κ3) is 4.08. The van der Waals surface area contributed by atoms with E-state index >= 15 is 0 Å². The molecule has 1 aliphatic carbocycles. The molecule has 4 nitrogen and oxygen atoms in total. The number of carbonyl (C=O) groups excluding carboxylic acids is 2. The molecule has 0 aromatic rings. The largest absolute Gasteiger partial charge is 0.464 e. The van der Waals surface area contributed by atoms with Gasteiger partial charge in [0.2, 0.25) is 5.91 Å². The molecule has 0 fully saturated rings. The highest BCUT2D eigenvalue weighted by Crippen LogP contribution is 2.23. The quantitative estimate of drug-likeness (QED) is 0.594. The summed E-state index contributed by atoms with van der Waals surface area (Å²) in [7, 11) is 0. The third-order valence-electron chi connectivity index (χ3n) is 3.81. The van der Waals surface area contributed by atoms with Crippen LogP contribution < -0.4 is 5.32 Å². The predicted molar refractivity (Wildman–Crippen MR) is 74.5 cm³/mol. The van der Waals surface area contributed by atoms with Gasteiger partial charge >= 0.3 is 5.97 Å². The number of hydrogen-bond donors (Lipinski definition) is 1. The molecule has 0 heterocycles. The van der Waals surface area contributed by atoms with Crippen LogP contribution in [0.15, 0.2) is 12.2 Å². The lowest BCUT2D eigenvalue weighted by molar-refractivity contribution is -0.154.